The van der Waals surface area contributed by atoms with Gasteiger partial charge in [0.05, 0.1) is 0 Å². The zero-order chi connectivity index (χ0) is 15.8. The largest absolute Gasteiger partial charge is 0.381 e. The van der Waals surface area contributed by atoms with Crippen LogP contribution in [0.5, 0.6) is 0 Å². The van der Waals surface area contributed by atoms with Crippen LogP contribution in [0.3, 0.4) is 0 Å². The maximum Gasteiger partial charge on any atom is 0.277 e. The first kappa shape index (κ1) is 14.1. The highest BCUT2D eigenvalue weighted by Crippen LogP contribution is 2.27. The van der Waals surface area contributed by atoms with E-state index in [9.17, 15) is 4.79 Å². The molecule has 0 unspecified atom stereocenters. The molecule has 2 aliphatic rings. The average molecular weight is 310 g/mol. The Morgan fingerprint density at radius 1 is 1.39 bits per heavy atom. The smallest absolute Gasteiger partial charge is 0.277 e. The molecule has 4 rings (SSSR count). The molecule has 0 atom stereocenters. The monoisotopic (exact) mass is 310 g/mol. The fraction of sp³-hybridized carbons (Fsp3) is 0.353. The quantitative estimate of drug-likeness (QED) is 0.864. The second-order valence-electron chi connectivity index (χ2n) is 5.89. The second-order valence-corrected chi connectivity index (χ2v) is 5.89. The van der Waals surface area contributed by atoms with E-state index in [2.05, 4.69) is 15.0 Å². The molecule has 1 saturated heterocycles. The Hall–Kier alpha value is -2.47. The second kappa shape index (κ2) is 5.62. The zero-order valence-corrected chi connectivity index (χ0v) is 13.0. The number of hydrogen-bond acceptors (Lipinski definition) is 4. The van der Waals surface area contributed by atoms with Crippen molar-refractivity contribution in [2.75, 3.05) is 20.3 Å². The molecule has 6 heteroatoms. The van der Waals surface area contributed by atoms with Gasteiger partial charge in [-0.05, 0) is 31.1 Å². The summed E-state index contributed by atoms with van der Waals surface area (Å²) in [4.78, 5) is 26.2. The summed E-state index contributed by atoms with van der Waals surface area (Å²) >= 11 is 0. The molecule has 1 fully saturated rings. The molecule has 0 spiro atoms. The maximum absolute atomic E-state index is 12.5. The number of rotatable bonds is 2. The van der Waals surface area contributed by atoms with Crippen molar-refractivity contribution in [3.63, 3.8) is 0 Å². The van der Waals surface area contributed by atoms with E-state index >= 15 is 0 Å². The highest BCUT2D eigenvalue weighted by atomic mass is 16.5. The van der Waals surface area contributed by atoms with Crippen LogP contribution in [-0.2, 0) is 9.53 Å². The van der Waals surface area contributed by atoms with E-state index in [0.29, 0.717) is 11.6 Å². The number of aromatic amines is 1. The molecule has 2 aliphatic heterocycles. The first-order chi connectivity index (χ1) is 11.2. The number of pyridine rings is 1. The third kappa shape index (κ3) is 2.45. The van der Waals surface area contributed by atoms with Crippen molar-refractivity contribution in [1.29, 1.82) is 0 Å². The molecule has 6 nitrogen and oxygen atoms in total. The molecular formula is C17H18N4O2. The molecule has 2 aromatic heterocycles. The van der Waals surface area contributed by atoms with Crippen LogP contribution in [0.4, 0.5) is 0 Å². The van der Waals surface area contributed by atoms with E-state index in [0.717, 1.165) is 48.5 Å². The standard InChI is InChI=1S/C17H18N4O2/c1-21-16(11-4-7-23-8-5-11)20-14(17(21)22)9-12-10-19-15-13(12)3-2-6-18-15/h2-3,6,9-11H,4-5,7-8H2,1H3,(H,18,19). The summed E-state index contributed by atoms with van der Waals surface area (Å²) < 4.78 is 5.40. The summed E-state index contributed by atoms with van der Waals surface area (Å²) in [6.07, 6.45) is 7.28. The normalized spacial score (nSPS) is 21.4. The van der Waals surface area contributed by atoms with E-state index in [-0.39, 0.29) is 5.91 Å². The summed E-state index contributed by atoms with van der Waals surface area (Å²) in [6, 6.07) is 3.87. The summed E-state index contributed by atoms with van der Waals surface area (Å²) in [5.74, 6) is 1.11. The first-order valence-corrected chi connectivity index (χ1v) is 7.82. The van der Waals surface area contributed by atoms with Crippen LogP contribution in [0.2, 0.25) is 0 Å². The van der Waals surface area contributed by atoms with Gasteiger partial charge in [0.1, 0.15) is 17.2 Å². The van der Waals surface area contributed by atoms with Gasteiger partial charge in [-0.2, -0.15) is 0 Å². The van der Waals surface area contributed by atoms with Crippen molar-refractivity contribution in [3.05, 3.63) is 35.8 Å². The number of carbonyl (C=O) groups excluding carboxylic acids is 1. The third-order valence-electron chi connectivity index (χ3n) is 4.46. The Balaban J connectivity index is 1.70. The number of fused-ring (bicyclic) bond motifs is 1. The molecule has 0 aromatic carbocycles. The van der Waals surface area contributed by atoms with Gasteiger partial charge in [-0.1, -0.05) is 0 Å². The van der Waals surface area contributed by atoms with Gasteiger partial charge in [0.15, 0.2) is 0 Å². The molecule has 23 heavy (non-hydrogen) atoms. The van der Waals surface area contributed by atoms with Crippen LogP contribution in [0, 0.1) is 5.92 Å². The number of carbonyl (C=O) groups is 1. The Kier molecular flexibility index (Phi) is 3.46. The summed E-state index contributed by atoms with van der Waals surface area (Å²) in [6.45, 7) is 1.47. The zero-order valence-electron chi connectivity index (χ0n) is 13.0. The van der Waals surface area contributed by atoms with Gasteiger partial charge in [0, 0.05) is 49.5 Å². The maximum atomic E-state index is 12.5. The number of amides is 1. The Morgan fingerprint density at radius 2 is 2.22 bits per heavy atom. The number of ether oxygens (including phenoxy) is 1. The summed E-state index contributed by atoms with van der Waals surface area (Å²) in [5, 5.41) is 0.991. The topological polar surface area (TPSA) is 70.6 Å². The van der Waals surface area contributed by atoms with Crippen LogP contribution in [-0.4, -0.2) is 46.9 Å². The van der Waals surface area contributed by atoms with Gasteiger partial charge in [0.2, 0.25) is 0 Å². The van der Waals surface area contributed by atoms with E-state index in [1.165, 1.54) is 0 Å². The Morgan fingerprint density at radius 3 is 3.04 bits per heavy atom. The van der Waals surface area contributed by atoms with Crippen molar-refractivity contribution < 1.29 is 9.53 Å². The number of hydrogen-bond donors (Lipinski definition) is 1. The Labute approximate surface area is 133 Å². The van der Waals surface area contributed by atoms with Gasteiger partial charge < -0.3 is 9.72 Å². The number of amidine groups is 1. The van der Waals surface area contributed by atoms with Crippen molar-refractivity contribution in [2.24, 2.45) is 10.9 Å². The third-order valence-corrected chi connectivity index (χ3v) is 4.46. The lowest BCUT2D eigenvalue weighted by Crippen LogP contribution is -2.35. The van der Waals surface area contributed by atoms with Crippen molar-refractivity contribution in [3.8, 4) is 0 Å². The number of nitrogens with zero attached hydrogens (tertiary/aromatic N) is 3. The van der Waals surface area contributed by atoms with E-state index in [4.69, 9.17) is 4.74 Å². The highest BCUT2D eigenvalue weighted by molar-refractivity contribution is 6.15. The molecule has 118 valence electrons. The molecule has 1 amide bonds. The van der Waals surface area contributed by atoms with E-state index < -0.39 is 0 Å². The molecule has 1 N–H and O–H groups in total. The summed E-state index contributed by atoms with van der Waals surface area (Å²) in [5.41, 5.74) is 2.23. The van der Waals surface area contributed by atoms with Gasteiger partial charge in [-0.25, -0.2) is 9.98 Å². The molecule has 0 radical (unpaired) electrons. The average Bonchev–Trinajstić information content (AvgIpc) is 3.13. The predicted molar refractivity (Wildman–Crippen MR) is 87.8 cm³/mol. The lowest BCUT2D eigenvalue weighted by molar-refractivity contribution is -0.121. The molecular weight excluding hydrogens is 292 g/mol. The SMILES string of the molecule is CN1C(=O)C(=Cc2c[nH]c3ncccc23)N=C1C1CCOCC1. The minimum atomic E-state index is -0.0512. The molecule has 0 saturated carbocycles. The van der Waals surface area contributed by atoms with Gasteiger partial charge in [-0.15, -0.1) is 0 Å². The van der Waals surface area contributed by atoms with Gasteiger partial charge in [0.25, 0.3) is 5.91 Å². The highest BCUT2D eigenvalue weighted by Gasteiger charge is 2.33. The molecule has 0 bridgehead atoms. The number of H-pyrrole nitrogens is 1. The van der Waals surface area contributed by atoms with Crippen molar-refractivity contribution >= 4 is 28.9 Å². The van der Waals surface area contributed by atoms with E-state index in [1.54, 1.807) is 18.1 Å². The lowest BCUT2D eigenvalue weighted by Gasteiger charge is -2.25. The molecule has 4 heterocycles. The Bertz CT molecular complexity index is 815. The van der Waals surface area contributed by atoms with Gasteiger partial charge in [-0.3, -0.25) is 9.69 Å². The lowest BCUT2D eigenvalue weighted by atomic mass is 9.98. The minimum Gasteiger partial charge on any atom is -0.381 e. The fourth-order valence-corrected chi connectivity index (χ4v) is 3.18. The van der Waals surface area contributed by atoms with Crippen molar-refractivity contribution in [2.45, 2.75) is 12.8 Å². The first-order valence-electron chi connectivity index (χ1n) is 7.82. The van der Waals surface area contributed by atoms with Crippen LogP contribution in [0.25, 0.3) is 17.1 Å². The number of aliphatic imine (C=N–C) groups is 1. The predicted octanol–water partition coefficient (Wildman–Crippen LogP) is 2.20. The van der Waals surface area contributed by atoms with Crippen LogP contribution >= 0.6 is 0 Å². The van der Waals surface area contributed by atoms with Crippen LogP contribution in [0.15, 0.2) is 35.2 Å². The number of likely N-dealkylation sites (N-methyl/N-ethyl adjacent to an activating group) is 1. The van der Waals surface area contributed by atoms with E-state index in [1.807, 2.05) is 24.4 Å². The molecule has 2 aromatic rings. The van der Waals surface area contributed by atoms with Gasteiger partial charge >= 0.3 is 0 Å². The van der Waals surface area contributed by atoms with Crippen LogP contribution < -0.4 is 0 Å². The van der Waals surface area contributed by atoms with Crippen molar-refractivity contribution in [1.82, 2.24) is 14.9 Å². The van der Waals surface area contributed by atoms with Crippen LogP contribution in [0.1, 0.15) is 18.4 Å². The molecule has 0 aliphatic carbocycles. The number of aromatic nitrogens is 2. The fourth-order valence-electron chi connectivity index (χ4n) is 3.18. The summed E-state index contributed by atoms with van der Waals surface area (Å²) in [7, 11) is 1.80. The minimum absolute atomic E-state index is 0.0512. The number of nitrogens with one attached hydrogen (secondary N) is 1.